The fourth-order valence-electron chi connectivity index (χ4n) is 4.09. The van der Waals surface area contributed by atoms with E-state index in [1.165, 1.54) is 22.5 Å². The molecular formula is C20H28N8O3. The van der Waals surface area contributed by atoms with Gasteiger partial charge in [0.05, 0.1) is 6.33 Å². The van der Waals surface area contributed by atoms with E-state index in [-0.39, 0.29) is 23.6 Å². The van der Waals surface area contributed by atoms with Gasteiger partial charge in [-0.1, -0.05) is 6.92 Å². The van der Waals surface area contributed by atoms with Gasteiger partial charge in [0.15, 0.2) is 11.2 Å². The van der Waals surface area contributed by atoms with E-state index >= 15 is 0 Å². The molecule has 1 amide bonds. The Balaban J connectivity index is 1.38. The Kier molecular flexibility index (Phi) is 5.77. The highest BCUT2D eigenvalue weighted by molar-refractivity contribution is 5.79. The molecule has 0 aliphatic carbocycles. The molecule has 1 aliphatic heterocycles. The van der Waals surface area contributed by atoms with Gasteiger partial charge in [0.25, 0.3) is 5.56 Å². The predicted octanol–water partition coefficient (Wildman–Crippen LogP) is -0.963. The third kappa shape index (κ3) is 3.92. The standard InChI is InChI=1S/C20H28N8O3/c1-4-15-21-5-6-26(15)10-7-25-8-11-27(12-9-25)16(29)13-28-14-22-18-17(28)19(30)24(3)20(31)23(18)2/h5-6,14H,4,7-13H2,1-3H3. The summed E-state index contributed by atoms with van der Waals surface area (Å²) in [5, 5.41) is 0. The van der Waals surface area contributed by atoms with Gasteiger partial charge in [-0.3, -0.25) is 23.6 Å². The summed E-state index contributed by atoms with van der Waals surface area (Å²) in [6.45, 7) is 6.84. The quantitative estimate of drug-likeness (QED) is 0.501. The van der Waals surface area contributed by atoms with E-state index in [1.54, 1.807) is 7.05 Å². The third-order valence-electron chi connectivity index (χ3n) is 6.02. The number of carbonyl (C=O) groups excluding carboxylic acids is 1. The minimum Gasteiger partial charge on any atom is -0.339 e. The zero-order valence-corrected chi connectivity index (χ0v) is 18.2. The maximum atomic E-state index is 12.9. The van der Waals surface area contributed by atoms with Crippen LogP contribution in [-0.4, -0.2) is 76.7 Å². The molecule has 3 aromatic heterocycles. The summed E-state index contributed by atoms with van der Waals surface area (Å²) in [5.41, 5.74) is -0.327. The first-order valence-electron chi connectivity index (χ1n) is 10.5. The van der Waals surface area contributed by atoms with Crippen molar-refractivity contribution in [2.45, 2.75) is 26.4 Å². The van der Waals surface area contributed by atoms with E-state index in [0.717, 1.165) is 43.0 Å². The number of hydrogen-bond donors (Lipinski definition) is 0. The molecule has 11 nitrogen and oxygen atoms in total. The molecule has 0 saturated carbocycles. The van der Waals surface area contributed by atoms with E-state index in [1.807, 2.05) is 17.3 Å². The molecule has 1 aliphatic rings. The lowest BCUT2D eigenvalue weighted by atomic mass is 10.3. The molecular weight excluding hydrogens is 400 g/mol. The van der Waals surface area contributed by atoms with Crippen molar-refractivity contribution in [3.05, 3.63) is 45.4 Å². The van der Waals surface area contributed by atoms with E-state index in [0.29, 0.717) is 13.1 Å². The van der Waals surface area contributed by atoms with Gasteiger partial charge in [-0.2, -0.15) is 0 Å². The number of hydrogen-bond acceptors (Lipinski definition) is 6. The summed E-state index contributed by atoms with van der Waals surface area (Å²) in [6, 6.07) is 0. The van der Waals surface area contributed by atoms with E-state index in [2.05, 4.69) is 26.4 Å². The van der Waals surface area contributed by atoms with Crippen LogP contribution in [0.5, 0.6) is 0 Å². The molecule has 4 heterocycles. The van der Waals surface area contributed by atoms with Gasteiger partial charge in [-0.15, -0.1) is 0 Å². The van der Waals surface area contributed by atoms with Crippen molar-refractivity contribution in [3.63, 3.8) is 0 Å². The van der Waals surface area contributed by atoms with Crippen molar-refractivity contribution in [3.8, 4) is 0 Å². The molecule has 31 heavy (non-hydrogen) atoms. The first kappa shape index (κ1) is 21.0. The van der Waals surface area contributed by atoms with Crippen LogP contribution >= 0.6 is 0 Å². The smallest absolute Gasteiger partial charge is 0.332 e. The van der Waals surface area contributed by atoms with Crippen molar-refractivity contribution in [1.29, 1.82) is 0 Å². The molecule has 166 valence electrons. The van der Waals surface area contributed by atoms with Crippen LogP contribution in [0, 0.1) is 0 Å². The van der Waals surface area contributed by atoms with E-state index in [9.17, 15) is 14.4 Å². The van der Waals surface area contributed by atoms with Gasteiger partial charge in [-0.05, 0) is 0 Å². The van der Waals surface area contributed by atoms with Gasteiger partial charge in [0.1, 0.15) is 12.4 Å². The Morgan fingerprint density at radius 2 is 1.74 bits per heavy atom. The average molecular weight is 428 g/mol. The second-order valence-corrected chi connectivity index (χ2v) is 7.86. The van der Waals surface area contributed by atoms with Crippen LogP contribution in [0.1, 0.15) is 12.7 Å². The number of carbonyl (C=O) groups is 1. The van der Waals surface area contributed by atoms with Crippen molar-refractivity contribution >= 4 is 17.1 Å². The molecule has 0 radical (unpaired) electrons. The van der Waals surface area contributed by atoms with Gasteiger partial charge >= 0.3 is 5.69 Å². The SMILES string of the molecule is CCc1nccn1CCN1CCN(C(=O)Cn2cnc3c2c(=O)n(C)c(=O)n3C)CC1. The Bertz CT molecular complexity index is 1210. The van der Waals surface area contributed by atoms with Crippen molar-refractivity contribution < 1.29 is 4.79 Å². The molecule has 0 N–H and O–H groups in total. The largest absolute Gasteiger partial charge is 0.339 e. The normalized spacial score (nSPS) is 15.1. The summed E-state index contributed by atoms with van der Waals surface area (Å²) >= 11 is 0. The highest BCUT2D eigenvalue weighted by Crippen LogP contribution is 2.09. The highest BCUT2D eigenvalue weighted by atomic mass is 16.2. The Hall–Kier alpha value is -3.21. The monoisotopic (exact) mass is 428 g/mol. The summed E-state index contributed by atoms with van der Waals surface area (Å²) in [4.78, 5) is 50.2. The fourth-order valence-corrected chi connectivity index (χ4v) is 4.09. The maximum absolute atomic E-state index is 12.9. The second kappa shape index (κ2) is 8.50. The Morgan fingerprint density at radius 1 is 1.00 bits per heavy atom. The molecule has 0 bridgehead atoms. The summed E-state index contributed by atoms with van der Waals surface area (Å²) in [7, 11) is 2.99. The summed E-state index contributed by atoms with van der Waals surface area (Å²) in [5.74, 6) is 1.03. The number of rotatable bonds is 6. The number of amides is 1. The summed E-state index contributed by atoms with van der Waals surface area (Å²) < 4.78 is 6.07. The second-order valence-electron chi connectivity index (χ2n) is 7.86. The highest BCUT2D eigenvalue weighted by Gasteiger charge is 2.23. The zero-order chi connectivity index (χ0) is 22.1. The van der Waals surface area contributed by atoms with Crippen LogP contribution in [-0.2, 0) is 38.4 Å². The first-order valence-corrected chi connectivity index (χ1v) is 10.5. The molecule has 0 spiro atoms. The minimum absolute atomic E-state index is 0.0266. The number of imidazole rings is 2. The van der Waals surface area contributed by atoms with E-state index in [4.69, 9.17) is 0 Å². The van der Waals surface area contributed by atoms with Gasteiger partial charge in [0.2, 0.25) is 5.91 Å². The topological polar surface area (TPSA) is 103 Å². The van der Waals surface area contributed by atoms with Crippen LogP contribution < -0.4 is 11.2 Å². The van der Waals surface area contributed by atoms with Crippen LogP contribution in [0.3, 0.4) is 0 Å². The minimum atomic E-state index is -0.445. The molecule has 0 unspecified atom stereocenters. The van der Waals surface area contributed by atoms with Crippen LogP contribution in [0.15, 0.2) is 28.3 Å². The lowest BCUT2D eigenvalue weighted by Gasteiger charge is -2.35. The molecule has 0 atom stereocenters. The van der Waals surface area contributed by atoms with Crippen LogP contribution in [0.25, 0.3) is 11.2 Å². The maximum Gasteiger partial charge on any atom is 0.332 e. The zero-order valence-electron chi connectivity index (χ0n) is 18.2. The van der Waals surface area contributed by atoms with Crippen LogP contribution in [0.2, 0.25) is 0 Å². The molecule has 1 saturated heterocycles. The Labute approximate surface area is 179 Å². The molecule has 11 heteroatoms. The average Bonchev–Trinajstić information content (AvgIpc) is 3.42. The lowest BCUT2D eigenvalue weighted by molar-refractivity contribution is -0.133. The number of piperazine rings is 1. The number of fused-ring (bicyclic) bond motifs is 1. The Morgan fingerprint density at radius 3 is 2.45 bits per heavy atom. The predicted molar refractivity (Wildman–Crippen MR) is 115 cm³/mol. The van der Waals surface area contributed by atoms with Crippen molar-refractivity contribution in [1.82, 2.24) is 38.0 Å². The van der Waals surface area contributed by atoms with Crippen molar-refractivity contribution in [2.24, 2.45) is 14.1 Å². The molecule has 3 aromatic rings. The molecule has 4 rings (SSSR count). The number of nitrogens with zero attached hydrogens (tertiary/aromatic N) is 8. The lowest BCUT2D eigenvalue weighted by Crippen LogP contribution is -2.50. The van der Waals surface area contributed by atoms with Gasteiger partial charge < -0.3 is 14.0 Å². The number of aryl methyl sites for hydroxylation is 2. The number of aromatic nitrogens is 6. The summed E-state index contributed by atoms with van der Waals surface area (Å²) in [6.07, 6.45) is 6.21. The van der Waals surface area contributed by atoms with Crippen molar-refractivity contribution in [2.75, 3.05) is 32.7 Å². The third-order valence-corrected chi connectivity index (χ3v) is 6.02. The van der Waals surface area contributed by atoms with Gasteiger partial charge in [0, 0.05) is 72.2 Å². The first-order chi connectivity index (χ1) is 14.9. The molecule has 1 fully saturated rings. The van der Waals surface area contributed by atoms with Crippen LogP contribution in [0.4, 0.5) is 0 Å². The van der Waals surface area contributed by atoms with E-state index < -0.39 is 11.2 Å². The van der Waals surface area contributed by atoms with Gasteiger partial charge in [-0.25, -0.2) is 14.8 Å². The fraction of sp³-hybridized carbons (Fsp3) is 0.550. The molecule has 0 aromatic carbocycles.